The molecular weight excluding hydrogens is 300 g/mol. The third-order valence-electron chi connectivity index (χ3n) is 5.03. The van der Waals surface area contributed by atoms with E-state index in [0.717, 1.165) is 18.1 Å². The van der Waals surface area contributed by atoms with Crippen LogP contribution in [0.5, 0.6) is 0 Å². The van der Waals surface area contributed by atoms with Crippen molar-refractivity contribution in [1.82, 2.24) is 16.0 Å². The molecule has 0 aromatic heterocycles. The molecule has 0 saturated heterocycles. The minimum atomic E-state index is -0.0279. The van der Waals surface area contributed by atoms with Crippen LogP contribution >= 0.6 is 0 Å². The zero-order valence-corrected chi connectivity index (χ0v) is 15.1. The molecule has 3 N–H and O–H groups in total. The fraction of sp³-hybridized carbons (Fsp3) is 0.579. The van der Waals surface area contributed by atoms with E-state index < -0.39 is 0 Å². The largest absolute Gasteiger partial charge is 0.356 e. The third kappa shape index (κ3) is 4.73. The number of amides is 1. The van der Waals surface area contributed by atoms with E-state index >= 15 is 0 Å². The fourth-order valence-electron chi connectivity index (χ4n) is 3.05. The van der Waals surface area contributed by atoms with Crippen LogP contribution in [-0.2, 0) is 6.54 Å². The number of carbonyl (C=O) groups is 1. The summed E-state index contributed by atoms with van der Waals surface area (Å²) in [6.45, 7) is 6.51. The Morgan fingerprint density at radius 3 is 2.33 bits per heavy atom. The second-order valence-corrected chi connectivity index (χ2v) is 6.54. The van der Waals surface area contributed by atoms with Gasteiger partial charge in [-0.1, -0.05) is 25.5 Å². The number of nitrogens with one attached hydrogen (secondary N) is 3. The molecule has 0 aliphatic heterocycles. The van der Waals surface area contributed by atoms with Crippen LogP contribution in [0.15, 0.2) is 29.3 Å². The van der Waals surface area contributed by atoms with Crippen LogP contribution in [0.1, 0.15) is 55.5 Å². The zero-order valence-electron chi connectivity index (χ0n) is 15.1. The topological polar surface area (TPSA) is 65.5 Å². The van der Waals surface area contributed by atoms with E-state index in [4.69, 9.17) is 0 Å². The number of guanidine groups is 1. The minimum Gasteiger partial charge on any atom is -0.356 e. The number of carbonyl (C=O) groups excluding carboxylic acids is 1. The molecule has 132 valence electrons. The minimum absolute atomic E-state index is 0.0279. The van der Waals surface area contributed by atoms with Crippen LogP contribution in [0.4, 0.5) is 0 Å². The van der Waals surface area contributed by atoms with Crippen molar-refractivity contribution in [3.05, 3.63) is 35.4 Å². The van der Waals surface area contributed by atoms with Crippen LogP contribution in [-0.4, -0.2) is 32.0 Å². The van der Waals surface area contributed by atoms with Crippen molar-refractivity contribution in [3.8, 4) is 0 Å². The molecule has 0 spiro atoms. The summed E-state index contributed by atoms with van der Waals surface area (Å²) in [5.41, 5.74) is 2.28. The van der Waals surface area contributed by atoms with E-state index in [0.29, 0.717) is 24.1 Å². The lowest BCUT2D eigenvalue weighted by Gasteiger charge is -2.41. The monoisotopic (exact) mass is 330 g/mol. The first-order valence-corrected chi connectivity index (χ1v) is 8.94. The van der Waals surface area contributed by atoms with Gasteiger partial charge in [0.1, 0.15) is 0 Å². The maximum absolute atomic E-state index is 11.8. The third-order valence-corrected chi connectivity index (χ3v) is 5.03. The van der Waals surface area contributed by atoms with Gasteiger partial charge in [-0.05, 0) is 49.3 Å². The standard InChI is InChI=1S/C19H30N4O/c1-4-19(11-6-12-19)14-23-18(20-3)22-13-15-7-9-16(10-8-15)17(24)21-5-2/h7-10H,4-6,11-14H2,1-3H3,(H,21,24)(H2,20,22,23). The molecular formula is C19H30N4O. The van der Waals surface area contributed by atoms with Gasteiger partial charge >= 0.3 is 0 Å². The Kier molecular flexibility index (Phi) is 6.64. The molecule has 1 aromatic rings. The Hall–Kier alpha value is -2.04. The fourth-order valence-corrected chi connectivity index (χ4v) is 3.05. The summed E-state index contributed by atoms with van der Waals surface area (Å²) in [7, 11) is 1.80. The first-order valence-electron chi connectivity index (χ1n) is 8.94. The molecule has 0 bridgehead atoms. The number of benzene rings is 1. The number of aliphatic imine (C=N–C) groups is 1. The highest BCUT2D eigenvalue weighted by atomic mass is 16.1. The molecule has 0 atom stereocenters. The van der Waals surface area contributed by atoms with Crippen molar-refractivity contribution in [2.45, 2.75) is 46.1 Å². The lowest BCUT2D eigenvalue weighted by molar-refractivity contribution is 0.0956. The van der Waals surface area contributed by atoms with E-state index in [9.17, 15) is 4.79 Å². The zero-order chi connectivity index (χ0) is 17.4. The van der Waals surface area contributed by atoms with Gasteiger partial charge in [-0.25, -0.2) is 0 Å². The highest BCUT2D eigenvalue weighted by Gasteiger charge is 2.34. The lowest BCUT2D eigenvalue weighted by Crippen LogP contribution is -2.46. The Balaban J connectivity index is 1.81. The van der Waals surface area contributed by atoms with Crippen LogP contribution in [0.25, 0.3) is 0 Å². The molecule has 0 heterocycles. The second kappa shape index (κ2) is 8.71. The van der Waals surface area contributed by atoms with E-state index in [2.05, 4.69) is 27.9 Å². The van der Waals surface area contributed by atoms with Crippen molar-refractivity contribution in [1.29, 1.82) is 0 Å². The molecule has 1 fully saturated rings. The van der Waals surface area contributed by atoms with Gasteiger partial charge in [0, 0.05) is 32.2 Å². The molecule has 1 aromatic carbocycles. The highest BCUT2D eigenvalue weighted by molar-refractivity contribution is 5.94. The maximum Gasteiger partial charge on any atom is 0.251 e. The smallest absolute Gasteiger partial charge is 0.251 e. The van der Waals surface area contributed by atoms with E-state index in [1.807, 2.05) is 31.2 Å². The molecule has 1 amide bonds. The molecule has 5 nitrogen and oxygen atoms in total. The van der Waals surface area contributed by atoms with Gasteiger partial charge in [-0.3, -0.25) is 9.79 Å². The molecule has 24 heavy (non-hydrogen) atoms. The quantitative estimate of drug-likeness (QED) is 0.532. The summed E-state index contributed by atoms with van der Waals surface area (Å²) in [6, 6.07) is 7.67. The highest BCUT2D eigenvalue weighted by Crippen LogP contribution is 2.42. The number of hydrogen-bond donors (Lipinski definition) is 3. The predicted octanol–water partition coefficient (Wildman–Crippen LogP) is 2.68. The Bertz CT molecular complexity index is 556. The van der Waals surface area contributed by atoms with Crippen molar-refractivity contribution < 1.29 is 4.79 Å². The first kappa shape index (κ1) is 18.3. The number of rotatable bonds is 7. The van der Waals surface area contributed by atoms with Crippen molar-refractivity contribution in [3.63, 3.8) is 0 Å². The summed E-state index contributed by atoms with van der Waals surface area (Å²) in [5.74, 6) is 0.808. The normalized spacial score (nSPS) is 16.2. The summed E-state index contributed by atoms with van der Waals surface area (Å²) in [6.07, 6.45) is 5.20. The Morgan fingerprint density at radius 2 is 1.83 bits per heavy atom. The summed E-state index contributed by atoms with van der Waals surface area (Å²) in [4.78, 5) is 16.1. The maximum atomic E-state index is 11.8. The molecule has 0 radical (unpaired) electrons. The average molecular weight is 330 g/mol. The second-order valence-electron chi connectivity index (χ2n) is 6.54. The molecule has 5 heteroatoms. The molecule has 2 rings (SSSR count). The van der Waals surface area contributed by atoms with Crippen molar-refractivity contribution in [2.24, 2.45) is 10.4 Å². The predicted molar refractivity (Wildman–Crippen MR) is 99.2 cm³/mol. The average Bonchev–Trinajstić information content (AvgIpc) is 2.57. The Labute approximate surface area is 145 Å². The van der Waals surface area contributed by atoms with Gasteiger partial charge in [-0.2, -0.15) is 0 Å². The summed E-state index contributed by atoms with van der Waals surface area (Å²) in [5, 5.41) is 9.60. The first-order chi connectivity index (χ1) is 11.6. The molecule has 1 saturated carbocycles. The van der Waals surface area contributed by atoms with Crippen LogP contribution in [0, 0.1) is 5.41 Å². The van der Waals surface area contributed by atoms with Crippen molar-refractivity contribution in [2.75, 3.05) is 20.1 Å². The Morgan fingerprint density at radius 1 is 1.12 bits per heavy atom. The SMILES string of the molecule is CCNC(=O)c1ccc(CNC(=NC)NCC2(CC)CCC2)cc1. The lowest BCUT2D eigenvalue weighted by atomic mass is 9.67. The van der Waals surface area contributed by atoms with E-state index in [1.54, 1.807) is 7.05 Å². The summed E-state index contributed by atoms with van der Waals surface area (Å²) >= 11 is 0. The van der Waals surface area contributed by atoms with Crippen molar-refractivity contribution >= 4 is 11.9 Å². The van der Waals surface area contributed by atoms with Gasteiger partial charge in [-0.15, -0.1) is 0 Å². The number of hydrogen-bond acceptors (Lipinski definition) is 2. The van der Waals surface area contributed by atoms with Crippen LogP contribution in [0.3, 0.4) is 0 Å². The van der Waals surface area contributed by atoms with Gasteiger partial charge in [0.25, 0.3) is 5.91 Å². The number of nitrogens with zero attached hydrogens (tertiary/aromatic N) is 1. The summed E-state index contributed by atoms with van der Waals surface area (Å²) < 4.78 is 0. The molecule has 0 unspecified atom stereocenters. The molecule has 1 aliphatic rings. The van der Waals surface area contributed by atoms with E-state index in [-0.39, 0.29) is 5.91 Å². The van der Waals surface area contributed by atoms with Gasteiger partial charge in [0.2, 0.25) is 0 Å². The van der Waals surface area contributed by atoms with Gasteiger partial charge in [0.05, 0.1) is 0 Å². The van der Waals surface area contributed by atoms with Crippen LogP contribution < -0.4 is 16.0 Å². The van der Waals surface area contributed by atoms with Crippen LogP contribution in [0.2, 0.25) is 0 Å². The van der Waals surface area contributed by atoms with Gasteiger partial charge < -0.3 is 16.0 Å². The van der Waals surface area contributed by atoms with Gasteiger partial charge in [0.15, 0.2) is 5.96 Å². The van der Waals surface area contributed by atoms with E-state index in [1.165, 1.54) is 25.7 Å². The molecule has 1 aliphatic carbocycles.